The van der Waals surface area contributed by atoms with Crippen LogP contribution in [0.25, 0.3) is 0 Å². The zero-order chi connectivity index (χ0) is 8.97. The van der Waals surface area contributed by atoms with Gasteiger partial charge in [-0.05, 0) is 6.92 Å². The molecule has 1 saturated heterocycles. The molecule has 0 bridgehead atoms. The van der Waals surface area contributed by atoms with Crippen LogP contribution in [0.5, 0.6) is 0 Å². The van der Waals surface area contributed by atoms with Crippen molar-refractivity contribution in [2.45, 2.75) is 12.2 Å². The second-order valence-electron chi connectivity index (χ2n) is 2.13. The maximum atomic E-state index is 10.6. The Balaban J connectivity index is 2.40. The zero-order valence-electron chi connectivity index (χ0n) is 6.86. The van der Waals surface area contributed by atoms with Gasteiger partial charge < -0.3 is 5.32 Å². The largest absolute Gasteiger partial charge is 0.433 e. The number of nitrogens with one attached hydrogen (secondary N) is 1. The lowest BCUT2D eigenvalue weighted by molar-refractivity contribution is 0.153. The Labute approximate surface area is 79.5 Å². The molecule has 1 rings (SSSR count). The third-order valence-corrected chi connectivity index (χ3v) is 3.91. The molecule has 0 aromatic carbocycles. The summed E-state index contributed by atoms with van der Waals surface area (Å²) >= 11 is 3.40. The van der Waals surface area contributed by atoms with Gasteiger partial charge in [0, 0.05) is 12.1 Å². The Hall–Kier alpha value is -0.360. The molecule has 0 aromatic heterocycles. The quantitative estimate of drug-likeness (QED) is 0.521. The van der Waals surface area contributed by atoms with Crippen LogP contribution in [0, 0.1) is 0 Å². The number of hydrogen-bond donors (Lipinski definition) is 1. The van der Waals surface area contributed by atoms with Crippen molar-refractivity contribution >= 4 is 34.7 Å². The summed E-state index contributed by atoms with van der Waals surface area (Å²) in [5.41, 5.74) is 0. The van der Waals surface area contributed by atoms with Gasteiger partial charge in [-0.3, -0.25) is 4.84 Å². The van der Waals surface area contributed by atoms with Crippen molar-refractivity contribution in [3.05, 3.63) is 0 Å². The van der Waals surface area contributed by atoms with Gasteiger partial charge in [0.15, 0.2) is 0 Å². The molecule has 1 amide bonds. The Kier molecular flexibility index (Phi) is 3.74. The van der Waals surface area contributed by atoms with E-state index in [1.54, 1.807) is 23.5 Å². The van der Waals surface area contributed by atoms with E-state index < -0.39 is 6.09 Å². The summed E-state index contributed by atoms with van der Waals surface area (Å²) < 4.78 is 0. The van der Waals surface area contributed by atoms with Gasteiger partial charge in [-0.15, -0.1) is 11.8 Å². The van der Waals surface area contributed by atoms with Crippen LogP contribution in [-0.4, -0.2) is 28.5 Å². The zero-order valence-corrected chi connectivity index (χ0v) is 8.50. The van der Waals surface area contributed by atoms with Crippen LogP contribution >= 0.6 is 23.5 Å². The van der Waals surface area contributed by atoms with E-state index in [1.807, 2.05) is 6.92 Å². The molecule has 4 nitrogen and oxygen atoms in total. The van der Waals surface area contributed by atoms with Gasteiger partial charge >= 0.3 is 6.09 Å². The van der Waals surface area contributed by atoms with E-state index in [0.29, 0.717) is 5.25 Å². The minimum atomic E-state index is -0.521. The molecule has 68 valence electrons. The van der Waals surface area contributed by atoms with Gasteiger partial charge in [0.1, 0.15) is 5.04 Å². The SMILES string of the molecule is CNC(=O)O/N=C1\SCSC1C. The Bertz CT molecular complexity index is 208. The number of nitrogens with zero attached hydrogens (tertiary/aromatic N) is 1. The first-order chi connectivity index (χ1) is 5.74. The Morgan fingerprint density at radius 2 is 2.58 bits per heavy atom. The molecule has 6 heteroatoms. The monoisotopic (exact) mass is 206 g/mol. The molecule has 1 aliphatic rings. The van der Waals surface area contributed by atoms with Crippen LogP contribution in [0.3, 0.4) is 0 Å². The second-order valence-corrected chi connectivity index (χ2v) is 4.82. The highest BCUT2D eigenvalue weighted by Gasteiger charge is 2.20. The summed E-state index contributed by atoms with van der Waals surface area (Å²) in [5, 5.41) is 8.25. The van der Waals surface area contributed by atoms with E-state index in [1.165, 1.54) is 7.05 Å². The number of thioether (sulfide) groups is 2. The van der Waals surface area contributed by atoms with Crippen molar-refractivity contribution in [2.24, 2.45) is 5.16 Å². The number of oxime groups is 1. The third-order valence-electron chi connectivity index (χ3n) is 1.30. The van der Waals surface area contributed by atoms with Crippen molar-refractivity contribution in [3.8, 4) is 0 Å². The topological polar surface area (TPSA) is 50.7 Å². The average molecular weight is 206 g/mol. The van der Waals surface area contributed by atoms with E-state index >= 15 is 0 Å². The van der Waals surface area contributed by atoms with Crippen LogP contribution in [0.2, 0.25) is 0 Å². The lowest BCUT2D eigenvalue weighted by Crippen LogP contribution is -2.17. The minimum absolute atomic E-state index is 0.347. The van der Waals surface area contributed by atoms with E-state index in [-0.39, 0.29) is 0 Å². The van der Waals surface area contributed by atoms with Crippen LogP contribution in [-0.2, 0) is 4.84 Å². The molecule has 12 heavy (non-hydrogen) atoms. The van der Waals surface area contributed by atoms with Crippen LogP contribution in [0.15, 0.2) is 5.16 Å². The molecule has 1 N–H and O–H groups in total. The lowest BCUT2D eigenvalue weighted by atomic mass is 10.5. The number of hydrogen-bond acceptors (Lipinski definition) is 5. The van der Waals surface area contributed by atoms with Gasteiger partial charge in [-0.25, -0.2) is 4.79 Å². The fourth-order valence-electron chi connectivity index (χ4n) is 0.618. The number of amides is 1. The van der Waals surface area contributed by atoms with Gasteiger partial charge in [-0.2, -0.15) is 0 Å². The van der Waals surface area contributed by atoms with E-state index in [9.17, 15) is 4.79 Å². The van der Waals surface area contributed by atoms with Gasteiger partial charge in [-0.1, -0.05) is 16.9 Å². The summed E-state index contributed by atoms with van der Waals surface area (Å²) in [6.07, 6.45) is -0.521. The smallest absolute Gasteiger partial charge is 0.323 e. The summed E-state index contributed by atoms with van der Waals surface area (Å²) in [6, 6.07) is 0. The number of carbonyl (C=O) groups is 1. The van der Waals surface area contributed by atoms with Crippen molar-refractivity contribution in [3.63, 3.8) is 0 Å². The summed E-state index contributed by atoms with van der Waals surface area (Å²) in [4.78, 5) is 15.2. The summed E-state index contributed by atoms with van der Waals surface area (Å²) in [6.45, 7) is 2.04. The van der Waals surface area contributed by atoms with Crippen LogP contribution in [0.1, 0.15) is 6.92 Å². The third kappa shape index (κ3) is 2.60. The summed E-state index contributed by atoms with van der Waals surface area (Å²) in [7, 11) is 1.50. The van der Waals surface area contributed by atoms with Crippen molar-refractivity contribution < 1.29 is 9.63 Å². The molecule has 1 aliphatic heterocycles. The highest BCUT2D eigenvalue weighted by atomic mass is 32.2. The van der Waals surface area contributed by atoms with Crippen molar-refractivity contribution in [1.82, 2.24) is 5.32 Å². The molecular weight excluding hydrogens is 196 g/mol. The standard InChI is InChI=1S/C6H10N2O2S2/c1-4-5(12-3-11-4)8-10-6(9)7-2/h4H,3H2,1-2H3,(H,7,9)/b8-5-. The fraction of sp³-hybridized carbons (Fsp3) is 0.667. The van der Waals surface area contributed by atoms with Crippen molar-refractivity contribution in [1.29, 1.82) is 0 Å². The highest BCUT2D eigenvalue weighted by Crippen LogP contribution is 2.31. The molecule has 1 fully saturated rings. The summed E-state index contributed by atoms with van der Waals surface area (Å²) in [5.74, 6) is 0. The molecule has 1 atom stereocenters. The molecule has 0 aliphatic carbocycles. The number of carbonyl (C=O) groups excluding carboxylic acids is 1. The normalized spacial score (nSPS) is 25.8. The molecule has 1 unspecified atom stereocenters. The predicted molar refractivity (Wildman–Crippen MR) is 52.5 cm³/mol. The molecule has 0 spiro atoms. The highest BCUT2D eigenvalue weighted by molar-refractivity contribution is 8.29. The van der Waals surface area contributed by atoms with E-state index in [2.05, 4.69) is 15.3 Å². The van der Waals surface area contributed by atoms with Gasteiger partial charge in [0.25, 0.3) is 0 Å². The first-order valence-corrected chi connectivity index (χ1v) is 5.48. The minimum Gasteiger partial charge on any atom is -0.323 e. The first kappa shape index (κ1) is 9.73. The molecule has 0 aromatic rings. The molecular formula is C6H10N2O2S2. The molecule has 1 heterocycles. The lowest BCUT2D eigenvalue weighted by Gasteiger charge is -1.99. The van der Waals surface area contributed by atoms with Gasteiger partial charge in [0.05, 0.1) is 5.25 Å². The fourth-order valence-corrected chi connectivity index (χ4v) is 3.11. The first-order valence-electron chi connectivity index (χ1n) is 3.45. The van der Waals surface area contributed by atoms with E-state index in [4.69, 9.17) is 0 Å². The predicted octanol–water partition coefficient (Wildman–Crippen LogP) is 1.48. The molecule has 0 saturated carbocycles. The van der Waals surface area contributed by atoms with Gasteiger partial charge in [0.2, 0.25) is 0 Å². The maximum Gasteiger partial charge on any atom is 0.433 e. The molecule has 0 radical (unpaired) electrons. The second kappa shape index (κ2) is 4.61. The Morgan fingerprint density at radius 1 is 1.83 bits per heavy atom. The Morgan fingerprint density at radius 3 is 3.08 bits per heavy atom. The average Bonchev–Trinajstić information content (AvgIpc) is 2.47. The maximum absolute atomic E-state index is 10.6. The van der Waals surface area contributed by atoms with Crippen LogP contribution in [0.4, 0.5) is 4.79 Å². The number of rotatable bonds is 1. The van der Waals surface area contributed by atoms with Crippen molar-refractivity contribution in [2.75, 3.05) is 12.1 Å². The van der Waals surface area contributed by atoms with Crippen LogP contribution < -0.4 is 5.32 Å². The van der Waals surface area contributed by atoms with E-state index in [0.717, 1.165) is 10.1 Å².